The molecule has 1 N–H and O–H groups in total. The summed E-state index contributed by atoms with van der Waals surface area (Å²) in [6.07, 6.45) is 7.43. The Kier molecular flexibility index (Phi) is 4.35. The van der Waals surface area contributed by atoms with E-state index in [1.165, 1.54) is 6.42 Å². The summed E-state index contributed by atoms with van der Waals surface area (Å²) in [6, 6.07) is 3.76. The summed E-state index contributed by atoms with van der Waals surface area (Å²) in [6.45, 7) is 0.328. The molecule has 1 atom stereocenters. The maximum Gasteiger partial charge on any atom is 0.245 e. The lowest BCUT2D eigenvalue weighted by Crippen LogP contribution is -2.57. The first-order valence-electron chi connectivity index (χ1n) is 8.97. The van der Waals surface area contributed by atoms with Crippen molar-refractivity contribution in [3.8, 4) is 0 Å². The van der Waals surface area contributed by atoms with Gasteiger partial charge in [-0.05, 0) is 50.0 Å². The number of hydrogen-bond donors (Lipinski definition) is 1. The first kappa shape index (κ1) is 16.1. The van der Waals surface area contributed by atoms with Gasteiger partial charge >= 0.3 is 0 Å². The number of carbonyl (C=O) groups is 2. The standard InChI is InChI=1S/C18H24N2O3S/c21-16(11-14-5-4-10-24-14)20-15(17(22)19-13-6-7-13)12-23-18(20)8-2-1-3-9-18/h4-5,10,13,15H,1-3,6-9,11-12H2,(H,19,22)/t15-/m0/s1. The van der Waals surface area contributed by atoms with E-state index in [9.17, 15) is 9.59 Å². The molecule has 0 bridgehead atoms. The van der Waals surface area contributed by atoms with E-state index in [0.29, 0.717) is 19.1 Å². The first-order chi connectivity index (χ1) is 11.7. The van der Waals surface area contributed by atoms with E-state index < -0.39 is 11.8 Å². The van der Waals surface area contributed by atoms with Crippen LogP contribution >= 0.6 is 11.3 Å². The zero-order valence-electron chi connectivity index (χ0n) is 13.8. The molecule has 2 heterocycles. The minimum absolute atomic E-state index is 0.0211. The number of nitrogens with zero attached hydrogens (tertiary/aromatic N) is 1. The fourth-order valence-corrected chi connectivity index (χ4v) is 4.61. The van der Waals surface area contributed by atoms with E-state index in [4.69, 9.17) is 4.74 Å². The van der Waals surface area contributed by atoms with Gasteiger partial charge in [0.2, 0.25) is 11.8 Å². The molecule has 3 aliphatic rings. The van der Waals surface area contributed by atoms with Gasteiger partial charge in [-0.25, -0.2) is 0 Å². The molecule has 1 aromatic rings. The third-order valence-corrected chi connectivity index (χ3v) is 6.17. The number of nitrogens with one attached hydrogen (secondary N) is 1. The van der Waals surface area contributed by atoms with E-state index in [1.54, 1.807) is 16.2 Å². The molecule has 130 valence electrons. The van der Waals surface area contributed by atoms with Gasteiger partial charge in [-0.15, -0.1) is 11.3 Å². The molecule has 0 aromatic carbocycles. The Balaban J connectivity index is 1.56. The molecule has 1 aliphatic heterocycles. The van der Waals surface area contributed by atoms with Crippen LogP contribution < -0.4 is 5.32 Å². The summed E-state index contributed by atoms with van der Waals surface area (Å²) in [5.41, 5.74) is -0.557. The molecule has 1 saturated heterocycles. The van der Waals surface area contributed by atoms with E-state index in [-0.39, 0.29) is 11.8 Å². The molecule has 3 fully saturated rings. The van der Waals surface area contributed by atoms with E-state index in [1.807, 2.05) is 17.5 Å². The SMILES string of the molecule is O=C(NC1CC1)[C@@H]1COC2(CCCCC2)N1C(=O)Cc1cccs1. The maximum atomic E-state index is 13.1. The van der Waals surface area contributed by atoms with E-state index in [2.05, 4.69) is 5.32 Å². The van der Waals surface area contributed by atoms with Crippen LogP contribution in [0.15, 0.2) is 17.5 Å². The monoisotopic (exact) mass is 348 g/mol. The molecule has 5 nitrogen and oxygen atoms in total. The molecular formula is C18H24N2O3S. The van der Waals surface area contributed by atoms with Crippen LogP contribution in [0.1, 0.15) is 49.8 Å². The van der Waals surface area contributed by atoms with Crippen LogP contribution in [0.25, 0.3) is 0 Å². The van der Waals surface area contributed by atoms with Gasteiger partial charge in [0, 0.05) is 10.9 Å². The average molecular weight is 348 g/mol. The third-order valence-electron chi connectivity index (χ3n) is 5.30. The third kappa shape index (κ3) is 3.09. The van der Waals surface area contributed by atoms with Crippen molar-refractivity contribution in [1.82, 2.24) is 10.2 Å². The number of hydrogen-bond acceptors (Lipinski definition) is 4. The van der Waals surface area contributed by atoms with Crippen molar-refractivity contribution in [2.45, 2.75) is 69.2 Å². The normalized spacial score (nSPS) is 25.8. The Morgan fingerprint density at radius 2 is 2.08 bits per heavy atom. The molecule has 4 rings (SSSR count). The fraction of sp³-hybridized carbons (Fsp3) is 0.667. The summed E-state index contributed by atoms with van der Waals surface area (Å²) in [7, 11) is 0. The number of rotatable bonds is 4. The van der Waals surface area contributed by atoms with Crippen LogP contribution in [-0.2, 0) is 20.7 Å². The number of thiophene rings is 1. The largest absolute Gasteiger partial charge is 0.353 e. The maximum absolute atomic E-state index is 13.1. The van der Waals surface area contributed by atoms with Crippen LogP contribution in [0.4, 0.5) is 0 Å². The summed E-state index contributed by atoms with van der Waals surface area (Å²) < 4.78 is 6.12. The Bertz CT molecular complexity index is 606. The zero-order valence-corrected chi connectivity index (χ0v) is 14.6. The first-order valence-corrected chi connectivity index (χ1v) is 9.85. The van der Waals surface area contributed by atoms with Gasteiger partial charge in [0.25, 0.3) is 0 Å². The molecular weight excluding hydrogens is 324 g/mol. The highest BCUT2D eigenvalue weighted by Crippen LogP contribution is 2.41. The summed E-state index contributed by atoms with van der Waals surface area (Å²) in [4.78, 5) is 28.6. The minimum Gasteiger partial charge on any atom is -0.353 e. The predicted octanol–water partition coefficient (Wildman–Crippen LogP) is 2.46. The van der Waals surface area contributed by atoms with E-state index >= 15 is 0 Å². The lowest BCUT2D eigenvalue weighted by molar-refractivity contribution is -0.159. The highest BCUT2D eigenvalue weighted by molar-refractivity contribution is 7.10. The highest BCUT2D eigenvalue weighted by Gasteiger charge is 2.52. The van der Waals surface area contributed by atoms with Crippen molar-refractivity contribution in [3.05, 3.63) is 22.4 Å². The molecule has 0 unspecified atom stereocenters. The molecule has 24 heavy (non-hydrogen) atoms. The Hall–Kier alpha value is -1.40. The molecule has 0 radical (unpaired) electrons. The van der Waals surface area contributed by atoms with Crippen molar-refractivity contribution in [1.29, 1.82) is 0 Å². The second kappa shape index (κ2) is 6.48. The van der Waals surface area contributed by atoms with Crippen LogP contribution in [-0.4, -0.2) is 41.1 Å². The van der Waals surface area contributed by atoms with Gasteiger partial charge in [0.05, 0.1) is 13.0 Å². The van der Waals surface area contributed by atoms with Gasteiger partial charge in [-0.3, -0.25) is 14.5 Å². The highest BCUT2D eigenvalue weighted by atomic mass is 32.1. The summed E-state index contributed by atoms with van der Waals surface area (Å²) in [5.74, 6) is -0.0210. The number of carbonyl (C=O) groups excluding carboxylic acids is 2. The van der Waals surface area contributed by atoms with Gasteiger partial charge in [0.15, 0.2) is 0 Å². The number of amides is 2. The van der Waals surface area contributed by atoms with Gasteiger partial charge in [-0.1, -0.05) is 12.5 Å². The van der Waals surface area contributed by atoms with Crippen molar-refractivity contribution in [2.24, 2.45) is 0 Å². The zero-order chi connectivity index (χ0) is 16.6. The fourth-order valence-electron chi connectivity index (χ4n) is 3.92. The smallest absolute Gasteiger partial charge is 0.245 e. The van der Waals surface area contributed by atoms with Gasteiger partial charge < -0.3 is 10.1 Å². The molecule has 2 saturated carbocycles. The second-order valence-corrected chi connectivity index (χ2v) is 8.17. The molecule has 1 spiro atoms. The molecule has 6 heteroatoms. The topological polar surface area (TPSA) is 58.6 Å². The second-order valence-electron chi connectivity index (χ2n) is 7.14. The van der Waals surface area contributed by atoms with E-state index in [0.717, 1.165) is 43.4 Å². The van der Waals surface area contributed by atoms with Crippen molar-refractivity contribution in [2.75, 3.05) is 6.61 Å². The lowest BCUT2D eigenvalue weighted by atomic mass is 9.90. The van der Waals surface area contributed by atoms with Crippen LogP contribution in [0.3, 0.4) is 0 Å². The van der Waals surface area contributed by atoms with Crippen LogP contribution in [0.5, 0.6) is 0 Å². The van der Waals surface area contributed by atoms with Crippen molar-refractivity contribution < 1.29 is 14.3 Å². The number of ether oxygens (including phenoxy) is 1. The quantitative estimate of drug-likeness (QED) is 0.909. The average Bonchev–Trinajstić information content (AvgIpc) is 3.10. The molecule has 2 aliphatic carbocycles. The van der Waals surface area contributed by atoms with Crippen molar-refractivity contribution in [3.63, 3.8) is 0 Å². The minimum atomic E-state index is -0.557. The molecule has 1 aromatic heterocycles. The summed E-state index contributed by atoms with van der Waals surface area (Å²) >= 11 is 1.59. The Morgan fingerprint density at radius 3 is 2.75 bits per heavy atom. The lowest BCUT2D eigenvalue weighted by Gasteiger charge is -2.41. The molecule has 2 amide bonds. The Morgan fingerprint density at radius 1 is 1.29 bits per heavy atom. The van der Waals surface area contributed by atoms with Crippen LogP contribution in [0.2, 0.25) is 0 Å². The van der Waals surface area contributed by atoms with Crippen molar-refractivity contribution >= 4 is 23.2 Å². The van der Waals surface area contributed by atoms with Crippen LogP contribution in [0, 0.1) is 0 Å². The van der Waals surface area contributed by atoms with Gasteiger partial charge in [-0.2, -0.15) is 0 Å². The predicted molar refractivity (Wildman–Crippen MR) is 91.6 cm³/mol. The summed E-state index contributed by atoms with van der Waals surface area (Å²) in [5, 5.41) is 5.03. The van der Waals surface area contributed by atoms with Gasteiger partial charge in [0.1, 0.15) is 11.8 Å². The Labute approximate surface area is 146 Å².